The van der Waals surface area contributed by atoms with Crippen LogP contribution in [0.5, 0.6) is 0 Å². The van der Waals surface area contributed by atoms with Gasteiger partial charge in [-0.2, -0.15) is 0 Å². The monoisotopic (exact) mass is 347 g/mol. The molecule has 1 unspecified atom stereocenters. The SMILES string of the molecule is CC(C)CN1Cc2c(c([SH](=O)=O)cc3c2CCC3O)C=C1C1CC1. The standard InChI is InChI=1S/C19H25NO3S/c1-11(2)9-20-10-16-13-5-6-18(21)14(13)8-19(24(22)23)15(16)7-17(20)12-3-4-12/h7-8,11-12,18,21,24H,3-6,9-10H2,1-2H3. The van der Waals surface area contributed by atoms with Gasteiger partial charge >= 0.3 is 0 Å². The summed E-state index contributed by atoms with van der Waals surface area (Å²) in [7, 11) is -2.66. The maximum absolute atomic E-state index is 11.8. The summed E-state index contributed by atoms with van der Waals surface area (Å²) in [6.45, 7) is 6.22. The largest absolute Gasteiger partial charge is 0.388 e. The third-order valence-electron chi connectivity index (χ3n) is 5.42. The summed E-state index contributed by atoms with van der Waals surface area (Å²) in [6, 6.07) is 1.72. The van der Waals surface area contributed by atoms with Gasteiger partial charge in [0.1, 0.15) is 0 Å². The van der Waals surface area contributed by atoms with Crippen LogP contribution in [0.2, 0.25) is 0 Å². The van der Waals surface area contributed by atoms with Gasteiger partial charge in [0.15, 0.2) is 10.7 Å². The van der Waals surface area contributed by atoms with Crippen LogP contribution in [0, 0.1) is 11.8 Å². The minimum absolute atomic E-state index is 0.391. The van der Waals surface area contributed by atoms with Gasteiger partial charge in [0.2, 0.25) is 0 Å². The summed E-state index contributed by atoms with van der Waals surface area (Å²) >= 11 is 0. The van der Waals surface area contributed by atoms with E-state index < -0.39 is 16.8 Å². The molecule has 3 aliphatic rings. The van der Waals surface area contributed by atoms with Crippen molar-refractivity contribution in [3.8, 4) is 0 Å². The molecule has 0 aromatic heterocycles. The predicted molar refractivity (Wildman–Crippen MR) is 94.3 cm³/mol. The Balaban J connectivity index is 1.89. The number of hydrogen-bond donors (Lipinski definition) is 2. The normalized spacial score (nSPS) is 22.8. The number of benzene rings is 1. The molecule has 0 saturated heterocycles. The molecule has 0 bridgehead atoms. The molecule has 130 valence electrons. The predicted octanol–water partition coefficient (Wildman–Crippen LogP) is 2.86. The molecule has 5 heteroatoms. The Hall–Kier alpha value is -1.33. The van der Waals surface area contributed by atoms with E-state index in [-0.39, 0.29) is 0 Å². The van der Waals surface area contributed by atoms with Crippen LogP contribution in [0.1, 0.15) is 61.5 Å². The first-order chi connectivity index (χ1) is 11.5. The molecule has 4 rings (SSSR count). The zero-order chi connectivity index (χ0) is 17.0. The Morgan fingerprint density at radius 3 is 2.62 bits per heavy atom. The highest BCUT2D eigenvalue weighted by atomic mass is 32.2. The highest BCUT2D eigenvalue weighted by Crippen LogP contribution is 2.46. The molecule has 0 radical (unpaired) electrons. The Morgan fingerprint density at radius 1 is 1.25 bits per heavy atom. The number of thiol groups is 1. The van der Waals surface area contributed by atoms with E-state index in [9.17, 15) is 13.5 Å². The lowest BCUT2D eigenvalue weighted by Gasteiger charge is -2.35. The first-order valence-electron chi connectivity index (χ1n) is 8.93. The summed E-state index contributed by atoms with van der Waals surface area (Å²) < 4.78 is 23.7. The number of hydrogen-bond acceptors (Lipinski definition) is 4. The highest BCUT2D eigenvalue weighted by molar-refractivity contribution is 7.72. The maximum atomic E-state index is 11.8. The minimum Gasteiger partial charge on any atom is -0.388 e. The molecule has 4 nitrogen and oxygen atoms in total. The zero-order valence-electron chi connectivity index (χ0n) is 14.3. The summed E-state index contributed by atoms with van der Waals surface area (Å²) in [5.41, 5.74) is 5.34. The van der Waals surface area contributed by atoms with Gasteiger partial charge in [-0.05, 0) is 71.9 Å². The first kappa shape index (κ1) is 16.2. The van der Waals surface area contributed by atoms with Crippen LogP contribution < -0.4 is 0 Å². The quantitative estimate of drug-likeness (QED) is 0.823. The molecule has 2 aliphatic carbocycles. The fourth-order valence-corrected chi connectivity index (χ4v) is 4.85. The number of allylic oxidation sites excluding steroid dienone is 1. The summed E-state index contributed by atoms with van der Waals surface area (Å²) in [5, 5.41) is 10.2. The summed E-state index contributed by atoms with van der Waals surface area (Å²) in [5.74, 6) is 1.15. The second-order valence-electron chi connectivity index (χ2n) is 7.79. The molecule has 1 aromatic carbocycles. The fourth-order valence-electron chi connectivity index (χ4n) is 4.21. The van der Waals surface area contributed by atoms with Crippen molar-refractivity contribution in [3.05, 3.63) is 34.0 Å². The third kappa shape index (κ3) is 2.68. The van der Waals surface area contributed by atoms with Gasteiger partial charge in [-0.1, -0.05) is 13.8 Å². The molecule has 0 spiro atoms. The van der Waals surface area contributed by atoms with E-state index in [1.807, 2.05) is 0 Å². The van der Waals surface area contributed by atoms with Gasteiger partial charge in [-0.3, -0.25) is 0 Å². The Labute approximate surface area is 145 Å². The number of aliphatic hydroxyl groups is 1. The van der Waals surface area contributed by atoms with E-state index in [0.717, 1.165) is 36.2 Å². The van der Waals surface area contributed by atoms with Crippen LogP contribution in [0.3, 0.4) is 0 Å². The number of rotatable bonds is 4. The Morgan fingerprint density at radius 2 is 2.00 bits per heavy atom. The van der Waals surface area contributed by atoms with Crippen LogP contribution in [0.4, 0.5) is 0 Å². The van der Waals surface area contributed by atoms with E-state index in [1.165, 1.54) is 24.1 Å². The minimum atomic E-state index is -2.66. The highest BCUT2D eigenvalue weighted by Gasteiger charge is 2.35. The molecule has 24 heavy (non-hydrogen) atoms. The van der Waals surface area contributed by atoms with Gasteiger partial charge in [0.25, 0.3) is 0 Å². The zero-order valence-corrected chi connectivity index (χ0v) is 15.2. The molecule has 1 saturated carbocycles. The number of fused-ring (bicyclic) bond motifs is 3. The van der Waals surface area contributed by atoms with E-state index in [0.29, 0.717) is 23.2 Å². The molecule has 0 amide bonds. The molecule has 1 heterocycles. The van der Waals surface area contributed by atoms with Gasteiger partial charge in [0, 0.05) is 18.8 Å². The average Bonchev–Trinajstić information content (AvgIpc) is 3.29. The Bertz CT molecular complexity index is 782. The van der Waals surface area contributed by atoms with Gasteiger partial charge in [-0.15, -0.1) is 0 Å². The molecule has 1 atom stereocenters. The number of aliphatic hydroxyl groups excluding tert-OH is 1. The maximum Gasteiger partial charge on any atom is 0.168 e. The van der Waals surface area contributed by atoms with Crippen molar-refractivity contribution in [3.63, 3.8) is 0 Å². The van der Waals surface area contributed by atoms with Crippen molar-refractivity contribution in [1.82, 2.24) is 4.90 Å². The van der Waals surface area contributed by atoms with Crippen LogP contribution in [-0.2, 0) is 23.7 Å². The lowest BCUT2D eigenvalue weighted by atomic mass is 9.92. The topological polar surface area (TPSA) is 57.6 Å². The fraction of sp³-hybridized carbons (Fsp3) is 0.579. The van der Waals surface area contributed by atoms with E-state index >= 15 is 0 Å². The van der Waals surface area contributed by atoms with Crippen LogP contribution in [-0.4, -0.2) is 25.0 Å². The van der Waals surface area contributed by atoms with Gasteiger partial charge in [-0.25, -0.2) is 8.42 Å². The first-order valence-corrected chi connectivity index (χ1v) is 10.1. The van der Waals surface area contributed by atoms with Crippen molar-refractivity contribution in [1.29, 1.82) is 0 Å². The van der Waals surface area contributed by atoms with Crippen molar-refractivity contribution < 1.29 is 13.5 Å². The molecule has 1 aliphatic heterocycles. The average molecular weight is 347 g/mol. The molecule has 1 aromatic rings. The van der Waals surface area contributed by atoms with E-state index in [2.05, 4.69) is 24.8 Å². The van der Waals surface area contributed by atoms with E-state index in [4.69, 9.17) is 0 Å². The van der Waals surface area contributed by atoms with Crippen molar-refractivity contribution in [2.45, 2.75) is 57.1 Å². The lowest BCUT2D eigenvalue weighted by Crippen LogP contribution is -2.31. The van der Waals surface area contributed by atoms with E-state index in [1.54, 1.807) is 6.07 Å². The van der Waals surface area contributed by atoms with Crippen molar-refractivity contribution >= 4 is 16.8 Å². The van der Waals surface area contributed by atoms with Crippen molar-refractivity contribution in [2.24, 2.45) is 11.8 Å². The van der Waals surface area contributed by atoms with Crippen molar-refractivity contribution in [2.75, 3.05) is 6.54 Å². The molecular formula is C19H25NO3S. The van der Waals surface area contributed by atoms with Crippen LogP contribution in [0.25, 0.3) is 6.08 Å². The van der Waals surface area contributed by atoms with Crippen LogP contribution in [0.15, 0.2) is 16.7 Å². The van der Waals surface area contributed by atoms with Gasteiger partial charge < -0.3 is 10.0 Å². The van der Waals surface area contributed by atoms with Crippen LogP contribution >= 0.6 is 0 Å². The number of nitrogens with zero attached hydrogens (tertiary/aromatic N) is 1. The second kappa shape index (κ2) is 5.88. The molecular weight excluding hydrogens is 322 g/mol. The second-order valence-corrected chi connectivity index (χ2v) is 8.78. The molecule has 1 fully saturated rings. The smallest absolute Gasteiger partial charge is 0.168 e. The summed E-state index contributed by atoms with van der Waals surface area (Å²) in [6.07, 6.45) is 5.56. The Kier molecular flexibility index (Phi) is 3.96. The lowest BCUT2D eigenvalue weighted by molar-refractivity contribution is 0.180. The third-order valence-corrected chi connectivity index (χ3v) is 6.18. The summed E-state index contributed by atoms with van der Waals surface area (Å²) in [4.78, 5) is 2.83. The van der Waals surface area contributed by atoms with Gasteiger partial charge in [0.05, 0.1) is 11.0 Å². The molecule has 1 N–H and O–H groups in total.